The zero-order valence-electron chi connectivity index (χ0n) is 20.4. The normalized spacial score (nSPS) is 12.0. The van der Waals surface area contributed by atoms with Crippen molar-refractivity contribution in [3.05, 3.63) is 47.5 Å². The smallest absolute Gasteiger partial charge is 0.240 e. The number of hydrogen-bond acceptors (Lipinski definition) is 6. The maximum absolute atomic E-state index is 12.6. The lowest BCUT2D eigenvalue weighted by atomic mass is 10.1. The van der Waals surface area contributed by atoms with Crippen molar-refractivity contribution in [1.29, 1.82) is 0 Å². The first-order valence-corrected chi connectivity index (χ1v) is 14.1. The molecule has 2 rings (SSSR count). The van der Waals surface area contributed by atoms with Gasteiger partial charge in [-0.1, -0.05) is 12.1 Å². The first-order chi connectivity index (χ1) is 15.8. The van der Waals surface area contributed by atoms with Crippen LogP contribution in [0.2, 0.25) is 0 Å². The number of amides is 1. The highest BCUT2D eigenvalue weighted by atomic mass is 32.2. The van der Waals surface area contributed by atoms with E-state index >= 15 is 0 Å². The molecule has 0 aromatic heterocycles. The largest absolute Gasteiger partial charge is 0.495 e. The minimum absolute atomic E-state index is 0.00419. The maximum Gasteiger partial charge on any atom is 0.240 e. The Hall–Kier alpha value is -2.63. The predicted molar refractivity (Wildman–Crippen MR) is 134 cm³/mol. The molecular weight excluding hydrogens is 478 g/mol. The van der Waals surface area contributed by atoms with Crippen LogP contribution in [0.15, 0.2) is 41.3 Å². The number of aryl methyl sites for hydroxylation is 1. The third-order valence-corrected chi connectivity index (χ3v) is 7.99. The second kappa shape index (κ2) is 11.2. The van der Waals surface area contributed by atoms with Crippen molar-refractivity contribution >= 4 is 37.3 Å². The molecule has 1 amide bonds. The molecule has 9 nitrogen and oxygen atoms in total. The second-order valence-electron chi connectivity index (χ2n) is 8.34. The number of ether oxygens (including phenoxy) is 1. The summed E-state index contributed by atoms with van der Waals surface area (Å²) < 4.78 is 58.8. The van der Waals surface area contributed by atoms with Crippen molar-refractivity contribution in [3.63, 3.8) is 0 Å². The van der Waals surface area contributed by atoms with E-state index in [0.717, 1.165) is 17.4 Å². The number of benzene rings is 2. The summed E-state index contributed by atoms with van der Waals surface area (Å²) in [6.45, 7) is 7.31. The van der Waals surface area contributed by atoms with Crippen LogP contribution in [0, 0.1) is 13.8 Å². The molecule has 2 aromatic rings. The lowest BCUT2D eigenvalue weighted by Gasteiger charge is -2.25. The molecule has 0 fully saturated rings. The zero-order chi connectivity index (χ0) is 25.7. The highest BCUT2D eigenvalue weighted by molar-refractivity contribution is 7.92. The van der Waals surface area contributed by atoms with Crippen molar-refractivity contribution < 1.29 is 26.4 Å². The summed E-state index contributed by atoms with van der Waals surface area (Å²) in [5.41, 5.74) is 2.63. The van der Waals surface area contributed by atoms with Crippen molar-refractivity contribution in [3.8, 4) is 5.75 Å². The summed E-state index contributed by atoms with van der Waals surface area (Å²) in [5.74, 6) is -0.0796. The van der Waals surface area contributed by atoms with E-state index < -0.39 is 20.0 Å². The number of nitrogens with one attached hydrogen (secondary N) is 2. The van der Waals surface area contributed by atoms with Gasteiger partial charge in [0.05, 0.1) is 29.6 Å². The number of carbonyl (C=O) groups excluding carboxylic acids is 1. The maximum atomic E-state index is 12.6. The Morgan fingerprint density at radius 2 is 1.76 bits per heavy atom. The Kier molecular flexibility index (Phi) is 9.09. The van der Waals surface area contributed by atoms with E-state index in [4.69, 9.17) is 4.74 Å². The van der Waals surface area contributed by atoms with Crippen LogP contribution in [0.1, 0.15) is 37.8 Å². The Morgan fingerprint density at radius 3 is 2.35 bits per heavy atom. The van der Waals surface area contributed by atoms with Crippen molar-refractivity contribution in [2.24, 2.45) is 0 Å². The first kappa shape index (κ1) is 27.6. The van der Waals surface area contributed by atoms with Gasteiger partial charge in [0.15, 0.2) is 0 Å². The quantitative estimate of drug-likeness (QED) is 0.478. The Morgan fingerprint density at radius 1 is 1.09 bits per heavy atom. The van der Waals surface area contributed by atoms with Crippen LogP contribution in [0.3, 0.4) is 0 Å². The molecule has 0 aliphatic rings. The van der Waals surface area contributed by atoms with Crippen LogP contribution in [0.4, 0.5) is 11.4 Å². The van der Waals surface area contributed by atoms with Gasteiger partial charge in [0.25, 0.3) is 0 Å². The Labute approximate surface area is 202 Å². The van der Waals surface area contributed by atoms with E-state index in [2.05, 4.69) is 10.0 Å². The molecule has 0 saturated heterocycles. The number of rotatable bonds is 11. The van der Waals surface area contributed by atoms with Gasteiger partial charge in [-0.3, -0.25) is 9.10 Å². The molecule has 11 heteroatoms. The van der Waals surface area contributed by atoms with Crippen LogP contribution < -0.4 is 19.1 Å². The van der Waals surface area contributed by atoms with E-state index in [-0.39, 0.29) is 41.9 Å². The van der Waals surface area contributed by atoms with Gasteiger partial charge in [-0.05, 0) is 69.5 Å². The summed E-state index contributed by atoms with van der Waals surface area (Å²) in [5, 5.41) is 2.68. The number of carbonyl (C=O) groups is 1. The third kappa shape index (κ3) is 7.18. The fourth-order valence-electron chi connectivity index (χ4n) is 3.40. The van der Waals surface area contributed by atoms with Crippen molar-refractivity contribution in [2.75, 3.05) is 29.5 Å². The molecule has 0 saturated carbocycles. The summed E-state index contributed by atoms with van der Waals surface area (Å²) in [6.07, 6.45) is 1.43. The number of hydrogen-bond donors (Lipinski definition) is 2. The molecule has 0 heterocycles. The summed E-state index contributed by atoms with van der Waals surface area (Å²) in [7, 11) is -5.89. The van der Waals surface area contributed by atoms with E-state index in [1.165, 1.54) is 29.6 Å². The van der Waals surface area contributed by atoms with Gasteiger partial charge < -0.3 is 10.1 Å². The van der Waals surface area contributed by atoms with Gasteiger partial charge in [-0.2, -0.15) is 0 Å². The van der Waals surface area contributed by atoms with Gasteiger partial charge in [0.2, 0.25) is 26.0 Å². The Balaban J connectivity index is 2.15. The van der Waals surface area contributed by atoms with E-state index in [9.17, 15) is 21.6 Å². The molecule has 188 valence electrons. The highest BCUT2D eigenvalue weighted by Crippen LogP contribution is 2.28. The van der Waals surface area contributed by atoms with Crippen molar-refractivity contribution in [2.45, 2.75) is 51.5 Å². The molecule has 0 bridgehead atoms. The van der Waals surface area contributed by atoms with Crippen LogP contribution in [-0.4, -0.2) is 48.7 Å². The van der Waals surface area contributed by atoms with Crippen molar-refractivity contribution in [1.82, 2.24) is 4.72 Å². The van der Waals surface area contributed by atoms with Gasteiger partial charge in [0.1, 0.15) is 5.75 Å². The minimum atomic E-state index is -3.76. The molecule has 0 aliphatic heterocycles. The minimum Gasteiger partial charge on any atom is -0.495 e. The standard InChI is InChI=1S/C23H33N3O6S2/c1-16(2)25-34(30,31)19-12-13-22(32-5)20(15-19)24-23(27)11-8-14-26(33(6,28)29)21-10-7-9-17(3)18(21)4/h7,9-10,12-13,15-16,25H,8,11,14H2,1-6H3,(H,24,27). The van der Waals surface area contributed by atoms with E-state index in [1.807, 2.05) is 19.9 Å². The zero-order valence-corrected chi connectivity index (χ0v) is 22.0. The monoisotopic (exact) mass is 511 g/mol. The predicted octanol–water partition coefficient (Wildman–Crippen LogP) is 3.18. The summed E-state index contributed by atoms with van der Waals surface area (Å²) in [4.78, 5) is 12.6. The van der Waals surface area contributed by atoms with Gasteiger partial charge in [-0.25, -0.2) is 21.6 Å². The number of sulfonamides is 2. The molecule has 0 unspecified atom stereocenters. The molecule has 0 atom stereocenters. The molecule has 0 radical (unpaired) electrons. The number of methoxy groups -OCH3 is 1. The molecule has 34 heavy (non-hydrogen) atoms. The average Bonchev–Trinajstić information content (AvgIpc) is 2.72. The second-order valence-corrected chi connectivity index (χ2v) is 12.0. The van der Waals surface area contributed by atoms with Crippen LogP contribution in [-0.2, 0) is 24.8 Å². The molecule has 0 aliphatic carbocycles. The molecule has 2 N–H and O–H groups in total. The number of nitrogens with zero attached hydrogens (tertiary/aromatic N) is 1. The van der Waals surface area contributed by atoms with Crippen LogP contribution in [0.25, 0.3) is 0 Å². The summed E-state index contributed by atoms with van der Waals surface area (Å²) in [6, 6.07) is 9.35. The van der Waals surface area contributed by atoms with E-state index in [1.54, 1.807) is 26.0 Å². The topological polar surface area (TPSA) is 122 Å². The van der Waals surface area contributed by atoms with Crippen LogP contribution >= 0.6 is 0 Å². The SMILES string of the molecule is COc1ccc(S(=O)(=O)NC(C)C)cc1NC(=O)CCCN(c1cccc(C)c1C)S(C)(=O)=O. The van der Waals surface area contributed by atoms with E-state index in [0.29, 0.717) is 11.4 Å². The lowest BCUT2D eigenvalue weighted by molar-refractivity contribution is -0.116. The van der Waals surface area contributed by atoms with Gasteiger partial charge in [-0.15, -0.1) is 0 Å². The highest BCUT2D eigenvalue weighted by Gasteiger charge is 2.21. The fourth-order valence-corrected chi connectivity index (χ4v) is 5.69. The molecule has 0 spiro atoms. The first-order valence-electron chi connectivity index (χ1n) is 10.8. The molecule has 2 aromatic carbocycles. The Bertz CT molecular complexity index is 1240. The average molecular weight is 512 g/mol. The third-order valence-electron chi connectivity index (χ3n) is 5.16. The molecular formula is C23H33N3O6S2. The lowest BCUT2D eigenvalue weighted by Crippen LogP contribution is -2.32. The summed E-state index contributed by atoms with van der Waals surface area (Å²) >= 11 is 0. The van der Waals surface area contributed by atoms with Gasteiger partial charge >= 0.3 is 0 Å². The number of anilines is 2. The fraction of sp³-hybridized carbons (Fsp3) is 0.435. The van der Waals surface area contributed by atoms with Crippen LogP contribution in [0.5, 0.6) is 5.75 Å². The van der Waals surface area contributed by atoms with Gasteiger partial charge in [0, 0.05) is 19.0 Å².